The molecule has 2 rings (SSSR count). The van der Waals surface area contributed by atoms with Crippen LogP contribution in [-0.4, -0.2) is 28.3 Å². The zero-order valence-electron chi connectivity index (χ0n) is 10.3. The van der Waals surface area contributed by atoms with Crippen molar-refractivity contribution >= 4 is 11.8 Å². The van der Waals surface area contributed by atoms with Crippen LogP contribution in [0, 0.1) is 5.41 Å². The lowest BCUT2D eigenvalue weighted by atomic mass is 9.77. The van der Waals surface area contributed by atoms with Gasteiger partial charge in [-0.3, -0.25) is 4.79 Å². The standard InChI is InChI=1S/C12H16N2O3/c1-4-17-11(16)10-13-7-5-12(2,3)6-8(15)9(7)14-10/h4-6H2,1-3H3,(H,13,14). The van der Waals surface area contributed by atoms with Gasteiger partial charge in [0, 0.05) is 12.1 Å². The molecule has 1 aliphatic rings. The number of nitrogens with zero attached hydrogens (tertiary/aromatic N) is 1. The first kappa shape index (κ1) is 11.8. The summed E-state index contributed by atoms with van der Waals surface area (Å²) in [6, 6.07) is 0. The van der Waals surface area contributed by atoms with Gasteiger partial charge in [0.15, 0.2) is 5.78 Å². The lowest BCUT2D eigenvalue weighted by Crippen LogP contribution is -2.26. The third-order valence-electron chi connectivity index (χ3n) is 2.81. The minimum absolute atomic E-state index is 0.0111. The lowest BCUT2D eigenvalue weighted by molar-refractivity contribution is 0.0513. The Hall–Kier alpha value is -1.65. The summed E-state index contributed by atoms with van der Waals surface area (Å²) in [6.45, 7) is 6.08. The minimum atomic E-state index is -0.507. The molecular formula is C12H16N2O3. The molecule has 0 fully saturated rings. The highest BCUT2D eigenvalue weighted by Gasteiger charge is 2.34. The van der Waals surface area contributed by atoms with Crippen molar-refractivity contribution in [1.82, 2.24) is 9.97 Å². The van der Waals surface area contributed by atoms with E-state index in [0.717, 1.165) is 12.1 Å². The Bertz CT molecular complexity index is 474. The summed E-state index contributed by atoms with van der Waals surface area (Å²) in [5.41, 5.74) is 1.06. The number of aromatic amines is 1. The van der Waals surface area contributed by atoms with Crippen molar-refractivity contribution < 1.29 is 14.3 Å². The van der Waals surface area contributed by atoms with Gasteiger partial charge in [-0.05, 0) is 18.8 Å². The van der Waals surface area contributed by atoms with E-state index in [1.165, 1.54) is 0 Å². The molecule has 1 N–H and O–H groups in total. The summed E-state index contributed by atoms with van der Waals surface area (Å²) in [6.07, 6.45) is 1.19. The van der Waals surface area contributed by atoms with Gasteiger partial charge < -0.3 is 9.72 Å². The van der Waals surface area contributed by atoms with Crippen LogP contribution in [0.1, 0.15) is 54.0 Å². The molecule has 0 atom stereocenters. The third-order valence-corrected chi connectivity index (χ3v) is 2.81. The highest BCUT2D eigenvalue weighted by atomic mass is 16.5. The van der Waals surface area contributed by atoms with Crippen LogP contribution < -0.4 is 0 Å². The van der Waals surface area contributed by atoms with Crippen molar-refractivity contribution in [3.63, 3.8) is 0 Å². The number of ketones is 1. The molecule has 0 saturated carbocycles. The zero-order chi connectivity index (χ0) is 12.6. The SMILES string of the molecule is CCOC(=O)c1nc2c([nH]1)CC(C)(C)CC2=O. The zero-order valence-corrected chi connectivity index (χ0v) is 10.3. The summed E-state index contributed by atoms with van der Waals surface area (Å²) < 4.78 is 4.85. The first-order valence-electron chi connectivity index (χ1n) is 5.72. The van der Waals surface area contributed by atoms with E-state index in [1.54, 1.807) is 6.92 Å². The van der Waals surface area contributed by atoms with E-state index in [-0.39, 0.29) is 17.0 Å². The Morgan fingerprint density at radius 3 is 2.82 bits per heavy atom. The number of carbonyl (C=O) groups excluding carboxylic acids is 2. The minimum Gasteiger partial charge on any atom is -0.460 e. The largest absolute Gasteiger partial charge is 0.460 e. The Labute approximate surface area is 99.6 Å². The van der Waals surface area contributed by atoms with E-state index in [2.05, 4.69) is 9.97 Å². The number of hydrogen-bond donors (Lipinski definition) is 1. The fourth-order valence-corrected chi connectivity index (χ4v) is 2.12. The topological polar surface area (TPSA) is 72.0 Å². The van der Waals surface area contributed by atoms with Crippen LogP contribution >= 0.6 is 0 Å². The molecule has 1 heterocycles. The maximum atomic E-state index is 11.9. The monoisotopic (exact) mass is 236 g/mol. The smallest absolute Gasteiger partial charge is 0.374 e. The van der Waals surface area contributed by atoms with E-state index in [0.29, 0.717) is 18.7 Å². The molecule has 0 unspecified atom stereocenters. The molecule has 17 heavy (non-hydrogen) atoms. The predicted octanol–water partition coefficient (Wildman–Crippen LogP) is 1.74. The summed E-state index contributed by atoms with van der Waals surface area (Å²) in [5, 5.41) is 0. The van der Waals surface area contributed by atoms with E-state index in [9.17, 15) is 9.59 Å². The molecule has 1 aromatic heterocycles. The number of carbonyl (C=O) groups is 2. The summed E-state index contributed by atoms with van der Waals surface area (Å²) in [4.78, 5) is 30.3. The molecule has 0 saturated heterocycles. The number of esters is 1. The molecule has 5 nitrogen and oxygen atoms in total. The Morgan fingerprint density at radius 1 is 1.47 bits per heavy atom. The van der Waals surface area contributed by atoms with Gasteiger partial charge >= 0.3 is 5.97 Å². The number of imidazole rings is 1. The van der Waals surface area contributed by atoms with Crippen LogP contribution in [0.15, 0.2) is 0 Å². The molecule has 1 aliphatic carbocycles. The molecule has 5 heteroatoms. The van der Waals surface area contributed by atoms with Crippen molar-refractivity contribution in [2.24, 2.45) is 5.41 Å². The number of nitrogens with one attached hydrogen (secondary N) is 1. The van der Waals surface area contributed by atoms with Crippen LogP contribution in [0.4, 0.5) is 0 Å². The summed E-state index contributed by atoms with van der Waals surface area (Å²) >= 11 is 0. The van der Waals surface area contributed by atoms with E-state index in [1.807, 2.05) is 13.8 Å². The van der Waals surface area contributed by atoms with Crippen molar-refractivity contribution in [1.29, 1.82) is 0 Å². The number of rotatable bonds is 2. The average molecular weight is 236 g/mol. The Balaban J connectivity index is 2.33. The van der Waals surface area contributed by atoms with Gasteiger partial charge in [0.1, 0.15) is 5.69 Å². The van der Waals surface area contributed by atoms with Crippen molar-refractivity contribution in [2.45, 2.75) is 33.6 Å². The highest BCUT2D eigenvalue weighted by Crippen LogP contribution is 2.33. The first-order valence-corrected chi connectivity index (χ1v) is 5.72. The summed E-state index contributed by atoms with van der Waals surface area (Å²) in [5.74, 6) is -0.390. The van der Waals surface area contributed by atoms with Crippen LogP contribution in [0.5, 0.6) is 0 Å². The lowest BCUT2D eigenvalue weighted by Gasteiger charge is -2.27. The van der Waals surface area contributed by atoms with Gasteiger partial charge in [0.05, 0.1) is 6.61 Å². The Morgan fingerprint density at radius 2 is 2.18 bits per heavy atom. The third kappa shape index (κ3) is 2.23. The number of ether oxygens (including phenoxy) is 1. The van der Waals surface area contributed by atoms with Gasteiger partial charge in [-0.25, -0.2) is 9.78 Å². The second-order valence-corrected chi connectivity index (χ2v) is 5.07. The second kappa shape index (κ2) is 3.98. The molecule has 92 valence electrons. The fraction of sp³-hybridized carbons (Fsp3) is 0.583. The van der Waals surface area contributed by atoms with Gasteiger partial charge in [-0.2, -0.15) is 0 Å². The van der Waals surface area contributed by atoms with Gasteiger partial charge in [0.2, 0.25) is 5.82 Å². The second-order valence-electron chi connectivity index (χ2n) is 5.07. The van der Waals surface area contributed by atoms with Crippen LogP contribution in [-0.2, 0) is 11.2 Å². The molecule has 0 spiro atoms. The molecule has 1 aromatic rings. The number of Topliss-reactive ketones (excluding diaryl/α,β-unsaturated/α-hetero) is 1. The predicted molar refractivity (Wildman–Crippen MR) is 61.0 cm³/mol. The van der Waals surface area contributed by atoms with Crippen molar-refractivity contribution in [2.75, 3.05) is 6.61 Å². The molecule has 0 bridgehead atoms. The quantitative estimate of drug-likeness (QED) is 0.794. The average Bonchev–Trinajstić information content (AvgIpc) is 2.60. The van der Waals surface area contributed by atoms with Gasteiger partial charge in [-0.1, -0.05) is 13.8 Å². The first-order chi connectivity index (χ1) is 7.93. The van der Waals surface area contributed by atoms with Crippen LogP contribution in [0.3, 0.4) is 0 Å². The number of H-pyrrole nitrogens is 1. The summed E-state index contributed by atoms with van der Waals surface area (Å²) in [7, 11) is 0. The van der Waals surface area contributed by atoms with Crippen molar-refractivity contribution in [3.8, 4) is 0 Å². The van der Waals surface area contributed by atoms with E-state index < -0.39 is 5.97 Å². The molecule has 0 aromatic carbocycles. The van der Waals surface area contributed by atoms with Crippen LogP contribution in [0.2, 0.25) is 0 Å². The van der Waals surface area contributed by atoms with Gasteiger partial charge in [0.25, 0.3) is 0 Å². The van der Waals surface area contributed by atoms with Crippen LogP contribution in [0.25, 0.3) is 0 Å². The molecule has 0 amide bonds. The molecular weight excluding hydrogens is 220 g/mol. The highest BCUT2D eigenvalue weighted by molar-refractivity contribution is 5.98. The Kier molecular flexibility index (Phi) is 2.77. The fourth-order valence-electron chi connectivity index (χ4n) is 2.12. The maximum absolute atomic E-state index is 11.9. The number of hydrogen-bond acceptors (Lipinski definition) is 4. The maximum Gasteiger partial charge on any atom is 0.374 e. The number of fused-ring (bicyclic) bond motifs is 1. The normalized spacial score (nSPS) is 17.7. The van der Waals surface area contributed by atoms with E-state index in [4.69, 9.17) is 4.74 Å². The van der Waals surface area contributed by atoms with Gasteiger partial charge in [-0.15, -0.1) is 0 Å². The van der Waals surface area contributed by atoms with Crippen molar-refractivity contribution in [3.05, 3.63) is 17.2 Å². The van der Waals surface area contributed by atoms with E-state index >= 15 is 0 Å². The molecule has 0 aliphatic heterocycles. The molecule has 0 radical (unpaired) electrons. The number of aromatic nitrogens is 2.